The van der Waals surface area contributed by atoms with Crippen LogP contribution in [-0.4, -0.2) is 46.4 Å². The summed E-state index contributed by atoms with van der Waals surface area (Å²) >= 11 is 0. The number of nitrogens with zero attached hydrogens (tertiary/aromatic N) is 1. The van der Waals surface area contributed by atoms with E-state index < -0.39 is 12.3 Å². The molecule has 0 unspecified atom stereocenters. The molecule has 1 aromatic carbocycles. The average molecular weight is 626 g/mol. The number of amides is 1. The van der Waals surface area contributed by atoms with E-state index in [4.69, 9.17) is 0 Å². The minimum atomic E-state index is -0.964. The number of benzene rings is 1. The third-order valence-corrected chi connectivity index (χ3v) is 12.9. The van der Waals surface area contributed by atoms with Crippen molar-refractivity contribution in [3.05, 3.63) is 29.3 Å². The molecule has 0 radical (unpaired) electrons. The maximum Gasteiger partial charge on any atom is 0.222 e. The van der Waals surface area contributed by atoms with E-state index in [0.717, 1.165) is 81.5 Å². The molecule has 0 heterocycles. The number of alkyl halides is 1. The van der Waals surface area contributed by atoms with E-state index in [1.165, 1.54) is 70.6 Å². The molecule has 0 aliphatic heterocycles. The van der Waals surface area contributed by atoms with Crippen LogP contribution in [0.5, 0.6) is 5.75 Å². The van der Waals surface area contributed by atoms with E-state index in [2.05, 4.69) is 18.7 Å². The second-order valence-corrected chi connectivity index (χ2v) is 15.9. The van der Waals surface area contributed by atoms with Crippen LogP contribution in [0.15, 0.2) is 18.2 Å². The van der Waals surface area contributed by atoms with Gasteiger partial charge in [-0.2, -0.15) is 0 Å². The number of carbonyl (C=O) groups is 1. The molecule has 45 heavy (non-hydrogen) atoms. The first-order valence-corrected chi connectivity index (χ1v) is 19.2. The molecule has 4 aliphatic rings. The Labute approximate surface area is 273 Å². The summed E-state index contributed by atoms with van der Waals surface area (Å²) < 4.78 is 16.1. The summed E-state index contributed by atoms with van der Waals surface area (Å²) in [4.78, 5) is 15.6. The van der Waals surface area contributed by atoms with Crippen LogP contribution in [-0.2, 0) is 11.2 Å². The molecule has 7 atom stereocenters. The van der Waals surface area contributed by atoms with Crippen LogP contribution in [0.4, 0.5) is 4.39 Å². The Morgan fingerprint density at radius 3 is 2.44 bits per heavy atom. The lowest BCUT2D eigenvalue weighted by atomic mass is 9.51. The number of aliphatic hydroxyl groups is 1. The van der Waals surface area contributed by atoms with Crippen LogP contribution < -0.4 is 0 Å². The molecule has 2 N–H and O–H groups in total. The molecule has 3 fully saturated rings. The SMILES string of the molecule is CCCCCCCCN(CCCC[C@@H]1Cc2cc(O)ccc2[C@@H]2[C@@H]1[C@@H]1CC[C@H](O)[C@@]1(C)C[C@@H]2F)C(=O)CCCC1CCCCC1. The van der Waals surface area contributed by atoms with E-state index >= 15 is 4.39 Å². The molecule has 0 bridgehead atoms. The summed E-state index contributed by atoms with van der Waals surface area (Å²) in [7, 11) is 0. The third kappa shape index (κ3) is 8.46. The first kappa shape index (κ1) is 34.7. The summed E-state index contributed by atoms with van der Waals surface area (Å²) in [6.45, 7) is 6.11. The lowest BCUT2D eigenvalue weighted by Crippen LogP contribution is -2.51. The van der Waals surface area contributed by atoms with Crippen LogP contribution >= 0.6 is 0 Å². The number of phenols is 1. The number of hydrogen-bond donors (Lipinski definition) is 2. The Morgan fingerprint density at radius 2 is 1.67 bits per heavy atom. The van der Waals surface area contributed by atoms with Gasteiger partial charge in [-0.3, -0.25) is 4.79 Å². The lowest BCUT2D eigenvalue weighted by molar-refractivity contribution is -0.131. The average Bonchev–Trinajstić information content (AvgIpc) is 3.32. The zero-order valence-electron chi connectivity index (χ0n) is 28.7. The molecule has 4 aliphatic carbocycles. The smallest absolute Gasteiger partial charge is 0.222 e. The van der Waals surface area contributed by atoms with E-state index in [9.17, 15) is 15.0 Å². The second-order valence-electron chi connectivity index (χ2n) is 15.9. The zero-order valence-corrected chi connectivity index (χ0v) is 28.7. The van der Waals surface area contributed by atoms with Crippen LogP contribution in [0.1, 0.15) is 159 Å². The van der Waals surface area contributed by atoms with E-state index in [0.29, 0.717) is 30.6 Å². The quantitative estimate of drug-likeness (QED) is 0.180. The van der Waals surface area contributed by atoms with Crippen molar-refractivity contribution in [1.29, 1.82) is 0 Å². The van der Waals surface area contributed by atoms with Gasteiger partial charge in [0.05, 0.1) is 6.10 Å². The number of aliphatic hydroxyl groups excluding tert-OH is 1. The van der Waals surface area contributed by atoms with Crippen LogP contribution in [0, 0.1) is 29.1 Å². The molecule has 1 aromatic rings. The van der Waals surface area contributed by atoms with Gasteiger partial charge in [-0.25, -0.2) is 4.39 Å². The molecule has 0 aromatic heterocycles. The summed E-state index contributed by atoms with van der Waals surface area (Å²) in [6.07, 6.45) is 21.9. The number of unbranched alkanes of at least 4 members (excludes halogenated alkanes) is 6. The number of aromatic hydroxyl groups is 1. The number of hydrogen-bond acceptors (Lipinski definition) is 3. The highest BCUT2D eigenvalue weighted by Crippen LogP contribution is 2.63. The van der Waals surface area contributed by atoms with Gasteiger partial charge >= 0.3 is 0 Å². The molecule has 5 rings (SSSR count). The van der Waals surface area contributed by atoms with Gasteiger partial charge in [0.15, 0.2) is 0 Å². The minimum Gasteiger partial charge on any atom is -0.508 e. The Balaban J connectivity index is 1.19. The summed E-state index contributed by atoms with van der Waals surface area (Å²) in [5.74, 6) is 2.22. The lowest BCUT2D eigenvalue weighted by Gasteiger charge is -2.54. The molecule has 5 heteroatoms. The van der Waals surface area contributed by atoms with Gasteiger partial charge in [0.25, 0.3) is 0 Å². The normalized spacial score (nSPS) is 31.3. The van der Waals surface area contributed by atoms with Crippen LogP contribution in [0.3, 0.4) is 0 Å². The van der Waals surface area contributed by atoms with Gasteiger partial charge in [0, 0.05) is 25.4 Å². The summed E-state index contributed by atoms with van der Waals surface area (Å²) in [5, 5.41) is 21.3. The van der Waals surface area contributed by atoms with Crippen molar-refractivity contribution in [3.8, 4) is 5.75 Å². The molecule has 3 saturated carbocycles. The molecular weight excluding hydrogens is 561 g/mol. The summed E-state index contributed by atoms with van der Waals surface area (Å²) in [6, 6.07) is 5.57. The van der Waals surface area contributed by atoms with E-state index in [-0.39, 0.29) is 23.0 Å². The summed E-state index contributed by atoms with van der Waals surface area (Å²) in [5.41, 5.74) is 1.86. The first-order valence-electron chi connectivity index (χ1n) is 19.2. The van der Waals surface area contributed by atoms with Crippen LogP contribution in [0.25, 0.3) is 0 Å². The molecule has 0 spiro atoms. The molecule has 0 saturated heterocycles. The first-order chi connectivity index (χ1) is 21.8. The van der Waals surface area contributed by atoms with Gasteiger partial charge in [-0.15, -0.1) is 0 Å². The maximum absolute atomic E-state index is 16.1. The largest absolute Gasteiger partial charge is 0.508 e. The number of rotatable bonds is 16. The third-order valence-electron chi connectivity index (χ3n) is 12.9. The monoisotopic (exact) mass is 625 g/mol. The molecule has 1 amide bonds. The Hall–Kier alpha value is -1.62. The standard InChI is InChI=1S/C40H64FNO3/c1-3-4-5-6-7-12-24-42(37(45)19-14-17-29-15-9-8-10-16-29)25-13-11-18-30-26-31-27-32(43)20-21-33(31)39-35(41)28-40(2)34(38(30)39)22-23-36(40)44/h20-21,27,29-30,34-36,38-39,43-44H,3-19,22-26,28H2,1-2H3/t30-,34+,35+,36+,38+,39+,40+/m1/s1. The van der Waals surface area contributed by atoms with Crippen LogP contribution in [0.2, 0.25) is 0 Å². The van der Waals surface area contributed by atoms with Gasteiger partial charge < -0.3 is 15.1 Å². The van der Waals surface area contributed by atoms with Crippen molar-refractivity contribution >= 4 is 5.91 Å². The van der Waals surface area contributed by atoms with Crippen molar-refractivity contribution < 1.29 is 19.4 Å². The van der Waals surface area contributed by atoms with Crippen molar-refractivity contribution in [2.75, 3.05) is 13.1 Å². The predicted octanol–water partition coefficient (Wildman–Crippen LogP) is 9.89. The molecular formula is C40H64FNO3. The van der Waals surface area contributed by atoms with Gasteiger partial charge in [-0.1, -0.05) is 90.5 Å². The Kier molecular flexibility index (Phi) is 12.7. The Bertz CT molecular complexity index is 1070. The van der Waals surface area contributed by atoms with Crippen molar-refractivity contribution in [2.24, 2.45) is 29.1 Å². The highest BCUT2D eigenvalue weighted by molar-refractivity contribution is 5.76. The van der Waals surface area contributed by atoms with Gasteiger partial charge in [-0.05, 0) is 110 Å². The number of phenolic OH excluding ortho intramolecular Hbond substituents is 1. The Morgan fingerprint density at radius 1 is 0.933 bits per heavy atom. The molecule has 4 nitrogen and oxygen atoms in total. The highest BCUT2D eigenvalue weighted by atomic mass is 19.1. The fraction of sp³-hybridized carbons (Fsp3) is 0.825. The van der Waals surface area contributed by atoms with Gasteiger partial charge in [0.1, 0.15) is 11.9 Å². The topological polar surface area (TPSA) is 60.8 Å². The fourth-order valence-corrected chi connectivity index (χ4v) is 10.4. The fourth-order valence-electron chi connectivity index (χ4n) is 10.4. The second kappa shape index (κ2) is 16.5. The van der Waals surface area contributed by atoms with Gasteiger partial charge in [0.2, 0.25) is 5.91 Å². The maximum atomic E-state index is 16.1. The van der Waals surface area contributed by atoms with Crippen molar-refractivity contribution in [2.45, 2.75) is 167 Å². The van der Waals surface area contributed by atoms with E-state index in [1.54, 1.807) is 6.07 Å². The van der Waals surface area contributed by atoms with Crippen molar-refractivity contribution in [1.82, 2.24) is 4.90 Å². The number of fused-ring (bicyclic) bond motifs is 5. The number of halogens is 1. The zero-order chi connectivity index (χ0) is 31.8. The highest BCUT2D eigenvalue weighted by Gasteiger charge is 2.59. The predicted molar refractivity (Wildman–Crippen MR) is 182 cm³/mol. The molecule has 254 valence electrons. The van der Waals surface area contributed by atoms with Crippen molar-refractivity contribution in [3.63, 3.8) is 0 Å². The minimum absolute atomic E-state index is 0.141. The number of carbonyl (C=O) groups excluding carboxylic acids is 1. The van der Waals surface area contributed by atoms with E-state index in [1.807, 2.05) is 12.1 Å².